The van der Waals surface area contributed by atoms with Crippen LogP contribution in [-0.4, -0.2) is 26.2 Å². The van der Waals surface area contributed by atoms with Gasteiger partial charge in [0, 0.05) is 29.3 Å². The fourth-order valence-electron chi connectivity index (χ4n) is 2.46. The lowest BCUT2D eigenvalue weighted by molar-refractivity contribution is 1.04. The maximum atomic E-state index is 4.44. The number of pyridine rings is 1. The SMILES string of the molecule is C(=NNc1nc(Nc2ccccc2)nc(Nc2ccccc2)n1)c1cccnc1. The minimum Gasteiger partial charge on any atom is -0.324 e. The van der Waals surface area contributed by atoms with Crippen molar-refractivity contribution in [2.75, 3.05) is 16.1 Å². The molecule has 0 amide bonds. The van der Waals surface area contributed by atoms with E-state index in [0.29, 0.717) is 17.8 Å². The van der Waals surface area contributed by atoms with Gasteiger partial charge < -0.3 is 10.6 Å². The molecule has 4 aromatic rings. The van der Waals surface area contributed by atoms with Crippen LogP contribution in [0.1, 0.15) is 5.56 Å². The highest BCUT2D eigenvalue weighted by Gasteiger charge is 2.07. The number of nitrogens with one attached hydrogen (secondary N) is 3. The molecule has 0 saturated carbocycles. The quantitative estimate of drug-likeness (QED) is 0.325. The second-order valence-corrected chi connectivity index (χ2v) is 5.94. The molecule has 2 heterocycles. The topological polar surface area (TPSA) is 100 Å². The zero-order chi connectivity index (χ0) is 19.7. The van der Waals surface area contributed by atoms with Crippen LogP contribution in [0.2, 0.25) is 0 Å². The second kappa shape index (κ2) is 9.05. The number of hydrogen-bond acceptors (Lipinski definition) is 8. The summed E-state index contributed by atoms with van der Waals surface area (Å²) in [6, 6.07) is 23.1. The third kappa shape index (κ3) is 5.33. The molecule has 0 spiro atoms. The van der Waals surface area contributed by atoms with E-state index in [1.54, 1.807) is 18.6 Å². The minimum atomic E-state index is 0.303. The van der Waals surface area contributed by atoms with Crippen LogP contribution in [0.5, 0.6) is 0 Å². The Hall–Kier alpha value is -4.33. The maximum Gasteiger partial charge on any atom is 0.250 e. The van der Waals surface area contributed by atoms with Gasteiger partial charge in [-0.25, -0.2) is 5.43 Å². The lowest BCUT2D eigenvalue weighted by Crippen LogP contribution is -2.07. The third-order valence-corrected chi connectivity index (χ3v) is 3.76. The summed E-state index contributed by atoms with van der Waals surface area (Å²) in [4.78, 5) is 17.3. The third-order valence-electron chi connectivity index (χ3n) is 3.76. The molecule has 2 aromatic carbocycles. The van der Waals surface area contributed by atoms with Crippen LogP contribution in [-0.2, 0) is 0 Å². The van der Waals surface area contributed by atoms with E-state index in [4.69, 9.17) is 0 Å². The summed E-state index contributed by atoms with van der Waals surface area (Å²) in [7, 11) is 0. The summed E-state index contributed by atoms with van der Waals surface area (Å²) in [5.41, 5.74) is 5.44. The van der Waals surface area contributed by atoms with Crippen molar-refractivity contribution in [1.29, 1.82) is 0 Å². The van der Waals surface area contributed by atoms with Crippen molar-refractivity contribution in [1.82, 2.24) is 19.9 Å². The Labute approximate surface area is 167 Å². The average Bonchev–Trinajstić information content (AvgIpc) is 2.76. The molecule has 29 heavy (non-hydrogen) atoms. The molecule has 142 valence electrons. The van der Waals surface area contributed by atoms with E-state index in [9.17, 15) is 0 Å². The molecule has 8 heteroatoms. The zero-order valence-electron chi connectivity index (χ0n) is 15.4. The van der Waals surface area contributed by atoms with Gasteiger partial charge in [0.2, 0.25) is 17.8 Å². The summed E-state index contributed by atoms with van der Waals surface area (Å²) in [5, 5.41) is 10.5. The van der Waals surface area contributed by atoms with Gasteiger partial charge in [0.1, 0.15) is 0 Å². The fourth-order valence-corrected chi connectivity index (χ4v) is 2.46. The summed E-state index contributed by atoms with van der Waals surface area (Å²) >= 11 is 0. The molecule has 8 nitrogen and oxygen atoms in total. The Morgan fingerprint density at radius 1 is 0.655 bits per heavy atom. The van der Waals surface area contributed by atoms with Gasteiger partial charge in [-0.1, -0.05) is 42.5 Å². The summed E-state index contributed by atoms with van der Waals surface area (Å²) in [6.07, 6.45) is 5.06. The number of rotatable bonds is 7. The van der Waals surface area contributed by atoms with Crippen LogP contribution < -0.4 is 16.1 Å². The highest BCUT2D eigenvalue weighted by Crippen LogP contribution is 2.18. The van der Waals surface area contributed by atoms with Gasteiger partial charge >= 0.3 is 0 Å². The van der Waals surface area contributed by atoms with E-state index < -0.39 is 0 Å². The molecular formula is C21H18N8. The van der Waals surface area contributed by atoms with E-state index in [1.807, 2.05) is 72.8 Å². The van der Waals surface area contributed by atoms with Gasteiger partial charge in [0.15, 0.2) is 0 Å². The van der Waals surface area contributed by atoms with Crippen molar-refractivity contribution in [2.24, 2.45) is 5.10 Å². The lowest BCUT2D eigenvalue weighted by atomic mass is 10.3. The minimum absolute atomic E-state index is 0.303. The summed E-state index contributed by atoms with van der Waals surface area (Å²) in [6.45, 7) is 0. The molecule has 0 radical (unpaired) electrons. The standard InChI is InChI=1S/C21H18N8/c1-3-9-17(10-4-1)24-19-26-20(25-18-11-5-2-6-12-18)28-21(27-19)29-23-15-16-8-7-13-22-14-16/h1-15H,(H3,24,25,26,27,28,29). The molecule has 0 saturated heterocycles. The molecule has 0 unspecified atom stereocenters. The number of nitrogens with zero attached hydrogens (tertiary/aromatic N) is 5. The van der Waals surface area contributed by atoms with E-state index in [-0.39, 0.29) is 0 Å². The smallest absolute Gasteiger partial charge is 0.250 e. The van der Waals surface area contributed by atoms with Crippen molar-refractivity contribution < 1.29 is 0 Å². The normalized spacial score (nSPS) is 10.6. The van der Waals surface area contributed by atoms with Gasteiger partial charge in [-0.2, -0.15) is 20.1 Å². The number of hydrazone groups is 1. The first-order valence-electron chi connectivity index (χ1n) is 8.94. The van der Waals surface area contributed by atoms with Crippen molar-refractivity contribution in [2.45, 2.75) is 0 Å². The Kier molecular flexibility index (Phi) is 5.63. The Balaban J connectivity index is 1.57. The number of anilines is 5. The summed E-state index contributed by atoms with van der Waals surface area (Å²) < 4.78 is 0. The van der Waals surface area contributed by atoms with Crippen molar-refractivity contribution in [3.8, 4) is 0 Å². The van der Waals surface area contributed by atoms with Gasteiger partial charge in [-0.15, -0.1) is 0 Å². The molecule has 0 aliphatic heterocycles. The first-order valence-corrected chi connectivity index (χ1v) is 8.94. The van der Waals surface area contributed by atoms with Crippen molar-refractivity contribution in [3.63, 3.8) is 0 Å². The van der Waals surface area contributed by atoms with E-state index in [1.165, 1.54) is 0 Å². The van der Waals surface area contributed by atoms with Crippen LogP contribution in [0.15, 0.2) is 90.3 Å². The molecule has 0 fully saturated rings. The lowest BCUT2D eigenvalue weighted by Gasteiger charge is -2.10. The van der Waals surface area contributed by atoms with Crippen LogP contribution >= 0.6 is 0 Å². The second-order valence-electron chi connectivity index (χ2n) is 5.94. The zero-order valence-corrected chi connectivity index (χ0v) is 15.4. The van der Waals surface area contributed by atoms with E-state index in [2.05, 4.69) is 41.1 Å². The Morgan fingerprint density at radius 3 is 1.79 bits per heavy atom. The highest BCUT2D eigenvalue weighted by molar-refractivity contribution is 5.79. The Morgan fingerprint density at radius 2 is 1.24 bits per heavy atom. The van der Waals surface area contributed by atoms with E-state index in [0.717, 1.165) is 16.9 Å². The number of hydrogen-bond donors (Lipinski definition) is 3. The monoisotopic (exact) mass is 382 g/mol. The molecule has 0 bridgehead atoms. The first-order chi connectivity index (χ1) is 14.3. The first kappa shape index (κ1) is 18.1. The van der Waals surface area contributed by atoms with Gasteiger partial charge in [-0.3, -0.25) is 4.98 Å². The molecule has 3 N–H and O–H groups in total. The number of benzene rings is 2. The molecule has 2 aromatic heterocycles. The molecule has 0 aliphatic rings. The van der Waals surface area contributed by atoms with E-state index >= 15 is 0 Å². The van der Waals surface area contributed by atoms with Crippen LogP contribution in [0.3, 0.4) is 0 Å². The molecule has 0 atom stereocenters. The predicted molar refractivity (Wildman–Crippen MR) is 115 cm³/mol. The number of para-hydroxylation sites is 2. The van der Waals surface area contributed by atoms with Crippen LogP contribution in [0.25, 0.3) is 0 Å². The molecular weight excluding hydrogens is 364 g/mol. The van der Waals surface area contributed by atoms with Crippen molar-refractivity contribution in [3.05, 3.63) is 90.8 Å². The molecule has 4 rings (SSSR count). The number of aromatic nitrogens is 4. The summed E-state index contributed by atoms with van der Waals surface area (Å²) in [5.74, 6) is 1.09. The highest BCUT2D eigenvalue weighted by atomic mass is 15.4. The van der Waals surface area contributed by atoms with Gasteiger partial charge in [-0.05, 0) is 30.3 Å². The van der Waals surface area contributed by atoms with Gasteiger partial charge in [0.25, 0.3) is 0 Å². The van der Waals surface area contributed by atoms with Gasteiger partial charge in [0.05, 0.1) is 6.21 Å². The largest absolute Gasteiger partial charge is 0.324 e. The van der Waals surface area contributed by atoms with Crippen LogP contribution in [0, 0.1) is 0 Å². The predicted octanol–water partition coefficient (Wildman–Crippen LogP) is 4.20. The maximum absolute atomic E-state index is 4.44. The van der Waals surface area contributed by atoms with Crippen molar-refractivity contribution >= 4 is 35.4 Å². The molecule has 0 aliphatic carbocycles. The Bertz CT molecular complexity index is 1010. The average molecular weight is 382 g/mol. The van der Waals surface area contributed by atoms with Crippen LogP contribution in [0.4, 0.5) is 29.2 Å². The fraction of sp³-hybridized carbons (Fsp3) is 0.